The van der Waals surface area contributed by atoms with E-state index in [1.807, 2.05) is 0 Å². The molecule has 0 bridgehead atoms. The minimum Gasteiger partial charge on any atom is -0.477 e. The lowest BCUT2D eigenvalue weighted by Crippen LogP contribution is -2.40. The van der Waals surface area contributed by atoms with Crippen molar-refractivity contribution in [2.75, 3.05) is 12.5 Å². The molecule has 8 heteroatoms. The molecule has 0 amide bonds. The number of halogens is 1. The van der Waals surface area contributed by atoms with Crippen LogP contribution in [0.25, 0.3) is 0 Å². The number of esters is 1. The summed E-state index contributed by atoms with van der Waals surface area (Å²) in [6.45, 7) is 1.68. The Labute approximate surface area is 110 Å². The SMILES string of the molecule is CCOC(=O)C(=O)C(Br)N1CSC=C1C(=O)O. The number of carboxylic acid groups (broad SMARTS) is 1. The van der Waals surface area contributed by atoms with Crippen molar-refractivity contribution in [1.29, 1.82) is 0 Å². The second-order valence-corrected chi connectivity index (χ2v) is 4.69. The maximum Gasteiger partial charge on any atom is 0.377 e. The summed E-state index contributed by atoms with van der Waals surface area (Å²) in [6.07, 6.45) is 0. The molecule has 17 heavy (non-hydrogen) atoms. The largest absolute Gasteiger partial charge is 0.477 e. The van der Waals surface area contributed by atoms with Crippen LogP contribution in [0.1, 0.15) is 6.92 Å². The zero-order valence-electron chi connectivity index (χ0n) is 8.88. The summed E-state index contributed by atoms with van der Waals surface area (Å²) in [5, 5.41) is 10.3. The highest BCUT2D eigenvalue weighted by molar-refractivity contribution is 9.10. The van der Waals surface area contributed by atoms with Gasteiger partial charge in [-0.1, -0.05) is 15.9 Å². The van der Waals surface area contributed by atoms with E-state index in [-0.39, 0.29) is 12.3 Å². The van der Waals surface area contributed by atoms with Crippen LogP contribution in [-0.2, 0) is 19.1 Å². The Morgan fingerprint density at radius 3 is 2.82 bits per heavy atom. The van der Waals surface area contributed by atoms with Gasteiger partial charge in [0.05, 0.1) is 12.5 Å². The summed E-state index contributed by atoms with van der Waals surface area (Å²) in [6, 6.07) is 0. The van der Waals surface area contributed by atoms with Gasteiger partial charge in [0.2, 0.25) is 0 Å². The van der Waals surface area contributed by atoms with Gasteiger partial charge in [-0.3, -0.25) is 4.79 Å². The Balaban J connectivity index is 2.73. The van der Waals surface area contributed by atoms with Crippen LogP contribution >= 0.6 is 27.7 Å². The molecule has 0 aromatic rings. The average Bonchev–Trinajstić information content (AvgIpc) is 2.76. The molecule has 0 fully saturated rings. The lowest BCUT2D eigenvalue weighted by molar-refractivity contribution is -0.154. The molecular weight excluding hydrogens is 314 g/mol. The number of nitrogens with zero attached hydrogens (tertiary/aromatic N) is 1. The zero-order valence-corrected chi connectivity index (χ0v) is 11.3. The minimum atomic E-state index is -1.14. The molecule has 0 aromatic heterocycles. The molecule has 1 rings (SSSR count). The lowest BCUT2D eigenvalue weighted by atomic mass is 10.3. The average molecular weight is 324 g/mol. The van der Waals surface area contributed by atoms with Crippen LogP contribution in [0.5, 0.6) is 0 Å². The molecular formula is C9H10BrNO5S. The van der Waals surface area contributed by atoms with E-state index < -0.39 is 22.7 Å². The third-order valence-electron chi connectivity index (χ3n) is 1.90. The van der Waals surface area contributed by atoms with Gasteiger partial charge in [0, 0.05) is 5.41 Å². The van der Waals surface area contributed by atoms with Crippen molar-refractivity contribution in [3.8, 4) is 0 Å². The van der Waals surface area contributed by atoms with E-state index in [0.717, 1.165) is 0 Å². The number of carboxylic acids is 1. The number of Topliss-reactive ketones (excluding diaryl/α,β-unsaturated/α-hetero) is 1. The van der Waals surface area contributed by atoms with Crippen molar-refractivity contribution in [3.63, 3.8) is 0 Å². The Bertz CT molecular complexity index is 384. The highest BCUT2D eigenvalue weighted by atomic mass is 79.9. The molecule has 1 N–H and O–H groups in total. The van der Waals surface area contributed by atoms with Crippen LogP contribution in [0.4, 0.5) is 0 Å². The van der Waals surface area contributed by atoms with Gasteiger partial charge in [-0.15, -0.1) is 11.8 Å². The Kier molecular flexibility index (Phi) is 5.01. The third kappa shape index (κ3) is 3.22. The number of carbonyl (C=O) groups is 3. The summed E-state index contributed by atoms with van der Waals surface area (Å²) >= 11 is 4.25. The fourth-order valence-corrected chi connectivity index (χ4v) is 2.80. The molecule has 0 aliphatic carbocycles. The van der Waals surface area contributed by atoms with Gasteiger partial charge in [0.15, 0.2) is 4.95 Å². The maximum absolute atomic E-state index is 11.6. The van der Waals surface area contributed by atoms with Gasteiger partial charge in [-0.25, -0.2) is 9.59 Å². The van der Waals surface area contributed by atoms with Gasteiger partial charge in [-0.2, -0.15) is 0 Å². The van der Waals surface area contributed by atoms with Crippen LogP contribution in [0.3, 0.4) is 0 Å². The van der Waals surface area contributed by atoms with E-state index in [9.17, 15) is 14.4 Å². The molecule has 6 nitrogen and oxygen atoms in total. The van der Waals surface area contributed by atoms with Gasteiger partial charge in [0.25, 0.3) is 5.78 Å². The molecule has 1 heterocycles. The van der Waals surface area contributed by atoms with Gasteiger partial charge < -0.3 is 14.7 Å². The third-order valence-corrected chi connectivity index (χ3v) is 3.63. The Morgan fingerprint density at radius 2 is 2.29 bits per heavy atom. The minimum absolute atomic E-state index is 0.0190. The van der Waals surface area contributed by atoms with Crippen molar-refractivity contribution < 1.29 is 24.2 Å². The zero-order chi connectivity index (χ0) is 13.0. The second kappa shape index (κ2) is 6.06. The van der Waals surface area contributed by atoms with Crippen molar-refractivity contribution in [2.45, 2.75) is 11.9 Å². The summed E-state index contributed by atoms with van der Waals surface area (Å²) in [5.74, 6) is -2.64. The number of ketones is 1. The van der Waals surface area contributed by atoms with Gasteiger partial charge in [0.1, 0.15) is 5.70 Å². The number of hydrogen-bond acceptors (Lipinski definition) is 6. The summed E-state index contributed by atoms with van der Waals surface area (Å²) in [7, 11) is 0. The molecule has 0 saturated heterocycles. The summed E-state index contributed by atoms with van der Waals surface area (Å²) in [5.41, 5.74) is -0.0190. The van der Waals surface area contributed by atoms with E-state index in [1.54, 1.807) is 6.92 Å². The van der Waals surface area contributed by atoms with Crippen LogP contribution in [-0.4, -0.2) is 45.2 Å². The lowest BCUT2D eigenvalue weighted by Gasteiger charge is -2.23. The fourth-order valence-electron chi connectivity index (χ4n) is 1.14. The van der Waals surface area contributed by atoms with Crippen molar-refractivity contribution >= 4 is 45.4 Å². The smallest absolute Gasteiger partial charge is 0.377 e. The number of rotatable bonds is 5. The Hall–Kier alpha value is -1.02. The van der Waals surface area contributed by atoms with Crippen molar-refractivity contribution in [1.82, 2.24) is 4.90 Å². The number of aliphatic carboxylic acids is 1. The first-order chi connectivity index (χ1) is 7.99. The molecule has 1 atom stereocenters. The van der Waals surface area contributed by atoms with Gasteiger partial charge >= 0.3 is 11.9 Å². The quantitative estimate of drug-likeness (QED) is 0.346. The number of alkyl halides is 1. The van der Waals surface area contributed by atoms with Crippen molar-refractivity contribution in [3.05, 3.63) is 11.1 Å². The van der Waals surface area contributed by atoms with Gasteiger partial charge in [-0.05, 0) is 6.92 Å². The second-order valence-electron chi connectivity index (χ2n) is 2.99. The van der Waals surface area contributed by atoms with E-state index >= 15 is 0 Å². The molecule has 0 saturated carbocycles. The first-order valence-electron chi connectivity index (χ1n) is 4.65. The first-order valence-corrected chi connectivity index (χ1v) is 6.62. The monoisotopic (exact) mass is 323 g/mol. The van der Waals surface area contributed by atoms with Crippen LogP contribution < -0.4 is 0 Å². The van der Waals surface area contributed by atoms with Crippen molar-refractivity contribution in [2.24, 2.45) is 0 Å². The maximum atomic E-state index is 11.6. The highest BCUT2D eigenvalue weighted by Crippen LogP contribution is 2.28. The van der Waals surface area contributed by atoms with E-state index in [1.165, 1.54) is 22.1 Å². The number of carbonyl (C=O) groups excluding carboxylic acids is 2. The van der Waals surface area contributed by atoms with Crippen LogP contribution in [0.15, 0.2) is 11.1 Å². The molecule has 1 unspecified atom stereocenters. The fraction of sp³-hybridized carbons (Fsp3) is 0.444. The number of hydrogen-bond donors (Lipinski definition) is 1. The topological polar surface area (TPSA) is 83.9 Å². The molecule has 1 aliphatic rings. The van der Waals surface area contributed by atoms with Crippen LogP contribution in [0.2, 0.25) is 0 Å². The standard InChI is InChI=1S/C9H10BrNO5S/c1-2-16-9(15)6(12)7(10)11-4-17-3-5(11)8(13)14/h3,7H,2,4H2,1H3,(H,13,14). The first kappa shape index (κ1) is 14.0. The Morgan fingerprint density at radius 1 is 1.65 bits per heavy atom. The highest BCUT2D eigenvalue weighted by Gasteiger charge is 2.35. The number of ether oxygens (including phenoxy) is 1. The normalized spacial score (nSPS) is 16.4. The predicted octanol–water partition coefficient (Wildman–Crippen LogP) is 0.772. The van der Waals surface area contributed by atoms with E-state index in [2.05, 4.69) is 20.7 Å². The molecule has 0 aromatic carbocycles. The molecule has 1 aliphatic heterocycles. The molecule has 94 valence electrons. The predicted molar refractivity (Wildman–Crippen MR) is 64.4 cm³/mol. The molecule has 0 spiro atoms. The van der Waals surface area contributed by atoms with E-state index in [0.29, 0.717) is 5.88 Å². The summed E-state index contributed by atoms with van der Waals surface area (Å²) < 4.78 is 4.56. The number of thioether (sulfide) groups is 1. The van der Waals surface area contributed by atoms with Crippen LogP contribution in [0, 0.1) is 0 Å². The van der Waals surface area contributed by atoms with E-state index in [4.69, 9.17) is 5.11 Å². The molecule has 0 radical (unpaired) electrons. The summed E-state index contributed by atoms with van der Waals surface area (Å²) in [4.78, 5) is 33.9.